The molecule has 1 heterocycles. The highest BCUT2D eigenvalue weighted by Gasteiger charge is 2.28. The van der Waals surface area contributed by atoms with Crippen molar-refractivity contribution in [3.63, 3.8) is 0 Å². The van der Waals surface area contributed by atoms with Crippen LogP contribution in [-0.2, 0) is 4.74 Å². The predicted molar refractivity (Wildman–Crippen MR) is 117 cm³/mol. The molecule has 0 saturated carbocycles. The third kappa shape index (κ3) is 5.20. The second kappa shape index (κ2) is 9.51. The summed E-state index contributed by atoms with van der Waals surface area (Å²) in [6, 6.07) is 8.33. The van der Waals surface area contributed by atoms with Crippen LogP contribution in [0.4, 0.5) is 4.79 Å². The number of likely N-dealkylation sites (tertiary alicyclic amines) is 1. The molecule has 0 unspecified atom stereocenters. The Bertz CT molecular complexity index is 765. The number of hydrogen-bond donors (Lipinski definition) is 1. The predicted octanol–water partition coefficient (Wildman–Crippen LogP) is 5.44. The monoisotopic (exact) mass is 448 g/mol. The average Bonchev–Trinajstić information content (AvgIpc) is 3.08. The first-order chi connectivity index (χ1) is 13.1. The lowest BCUT2D eigenvalue weighted by atomic mass is 10.0. The van der Waals surface area contributed by atoms with E-state index in [1.807, 2.05) is 0 Å². The zero-order valence-electron chi connectivity index (χ0n) is 15.6. The van der Waals surface area contributed by atoms with Crippen LogP contribution in [0.1, 0.15) is 44.6 Å². The van der Waals surface area contributed by atoms with Crippen LogP contribution in [0.25, 0.3) is 6.08 Å². The van der Waals surface area contributed by atoms with E-state index in [-0.39, 0.29) is 0 Å². The number of halogens is 1. The SMILES string of the molecule is CCOC(=O)NC(=S)C1=C(N2CCCCC2)/C(=C\c2ccc(Br)cc2)CC1. The number of hydrogen-bond acceptors (Lipinski definition) is 4. The standard InChI is InChI=1S/C21H25BrN2O2S/c1-2-26-21(25)23-20(27)18-11-8-16(14-15-6-9-17(22)10-7-15)19(18)24-12-4-3-5-13-24/h6-7,9-10,14H,2-5,8,11-13H2,1H3,(H,23,25,27)/b16-14-. The molecule has 0 atom stereocenters. The normalized spacial score (nSPS) is 18.7. The summed E-state index contributed by atoms with van der Waals surface area (Å²) in [6.07, 6.45) is 7.22. The minimum Gasteiger partial charge on any atom is -0.450 e. The maximum absolute atomic E-state index is 11.8. The van der Waals surface area contributed by atoms with Gasteiger partial charge in [-0.1, -0.05) is 40.3 Å². The van der Waals surface area contributed by atoms with Crippen molar-refractivity contribution in [1.82, 2.24) is 10.2 Å². The number of nitrogens with one attached hydrogen (secondary N) is 1. The molecule has 1 saturated heterocycles. The number of piperidine rings is 1. The minimum absolute atomic E-state index is 0.335. The highest BCUT2D eigenvalue weighted by molar-refractivity contribution is 9.10. The lowest BCUT2D eigenvalue weighted by Gasteiger charge is -2.32. The van der Waals surface area contributed by atoms with Crippen molar-refractivity contribution in [3.05, 3.63) is 51.1 Å². The third-order valence-electron chi connectivity index (χ3n) is 4.88. The lowest BCUT2D eigenvalue weighted by molar-refractivity contribution is 0.158. The fraction of sp³-hybridized carbons (Fsp3) is 0.429. The molecule has 3 rings (SSSR count). The molecule has 0 aromatic heterocycles. The number of carbonyl (C=O) groups excluding carboxylic acids is 1. The van der Waals surface area contributed by atoms with E-state index in [0.29, 0.717) is 11.6 Å². The Hall–Kier alpha value is -1.66. The van der Waals surface area contributed by atoms with Crippen molar-refractivity contribution in [1.29, 1.82) is 0 Å². The van der Waals surface area contributed by atoms with Gasteiger partial charge in [0.25, 0.3) is 0 Å². The van der Waals surface area contributed by atoms with Gasteiger partial charge in [-0.05, 0) is 68.4 Å². The van der Waals surface area contributed by atoms with Crippen LogP contribution >= 0.6 is 28.1 Å². The number of nitrogens with zero attached hydrogens (tertiary/aromatic N) is 1. The molecule has 0 spiro atoms. The second-order valence-electron chi connectivity index (χ2n) is 6.77. The summed E-state index contributed by atoms with van der Waals surface area (Å²) >= 11 is 9.04. The Kier molecular flexibility index (Phi) is 7.07. The smallest absolute Gasteiger partial charge is 0.412 e. The van der Waals surface area contributed by atoms with Gasteiger partial charge >= 0.3 is 6.09 Å². The molecule has 1 amide bonds. The molecule has 1 aromatic carbocycles. The molecule has 4 nitrogen and oxygen atoms in total. The molecule has 0 radical (unpaired) electrons. The fourth-order valence-corrected chi connectivity index (χ4v) is 4.21. The van der Waals surface area contributed by atoms with Crippen LogP contribution in [0.2, 0.25) is 0 Å². The average molecular weight is 449 g/mol. The molecular formula is C21H25BrN2O2S. The van der Waals surface area contributed by atoms with E-state index in [4.69, 9.17) is 17.0 Å². The topological polar surface area (TPSA) is 41.6 Å². The van der Waals surface area contributed by atoms with E-state index in [1.165, 1.54) is 36.1 Å². The van der Waals surface area contributed by atoms with Crippen LogP contribution in [0.3, 0.4) is 0 Å². The van der Waals surface area contributed by atoms with Gasteiger partial charge in [0.2, 0.25) is 0 Å². The molecule has 1 aliphatic heterocycles. The van der Waals surface area contributed by atoms with E-state index in [0.717, 1.165) is 36.0 Å². The fourth-order valence-electron chi connectivity index (χ4n) is 3.66. The summed E-state index contributed by atoms with van der Waals surface area (Å²) in [5.74, 6) is 0. The number of amides is 1. The zero-order chi connectivity index (χ0) is 19.2. The molecular weight excluding hydrogens is 424 g/mol. The van der Waals surface area contributed by atoms with E-state index < -0.39 is 6.09 Å². The van der Waals surface area contributed by atoms with Gasteiger partial charge in [0.05, 0.1) is 6.61 Å². The maximum Gasteiger partial charge on any atom is 0.412 e. The Morgan fingerprint density at radius 3 is 2.59 bits per heavy atom. The molecule has 27 heavy (non-hydrogen) atoms. The van der Waals surface area contributed by atoms with Gasteiger partial charge in [0.15, 0.2) is 0 Å². The van der Waals surface area contributed by atoms with Crippen LogP contribution in [-0.4, -0.2) is 35.7 Å². The van der Waals surface area contributed by atoms with Crippen molar-refractivity contribution in [2.45, 2.75) is 39.0 Å². The van der Waals surface area contributed by atoms with Gasteiger partial charge in [-0.2, -0.15) is 0 Å². The van der Waals surface area contributed by atoms with E-state index >= 15 is 0 Å². The highest BCUT2D eigenvalue weighted by atomic mass is 79.9. The van der Waals surface area contributed by atoms with Crippen molar-refractivity contribution < 1.29 is 9.53 Å². The summed E-state index contributed by atoms with van der Waals surface area (Å²) < 4.78 is 6.07. The molecule has 1 aromatic rings. The van der Waals surface area contributed by atoms with Gasteiger partial charge in [-0.25, -0.2) is 4.79 Å². The third-order valence-corrected chi connectivity index (χ3v) is 5.76. The summed E-state index contributed by atoms with van der Waals surface area (Å²) in [7, 11) is 0. The van der Waals surface area contributed by atoms with E-state index in [9.17, 15) is 4.79 Å². The molecule has 1 aliphatic carbocycles. The van der Waals surface area contributed by atoms with Crippen molar-refractivity contribution >= 4 is 45.3 Å². The first-order valence-corrected chi connectivity index (χ1v) is 10.7. The van der Waals surface area contributed by atoms with Crippen molar-refractivity contribution in [2.24, 2.45) is 0 Å². The first kappa shape index (κ1) is 20.1. The zero-order valence-corrected chi connectivity index (χ0v) is 18.0. The summed E-state index contributed by atoms with van der Waals surface area (Å²) in [6.45, 7) is 4.20. The molecule has 144 valence electrons. The minimum atomic E-state index is -0.474. The highest BCUT2D eigenvalue weighted by Crippen LogP contribution is 2.37. The van der Waals surface area contributed by atoms with Crippen LogP contribution in [0.15, 0.2) is 45.6 Å². The van der Waals surface area contributed by atoms with Crippen molar-refractivity contribution in [2.75, 3.05) is 19.7 Å². The lowest BCUT2D eigenvalue weighted by Crippen LogP contribution is -2.34. The van der Waals surface area contributed by atoms with E-state index in [2.05, 4.69) is 56.5 Å². The maximum atomic E-state index is 11.8. The first-order valence-electron chi connectivity index (χ1n) is 9.51. The Labute approximate surface area is 174 Å². The molecule has 2 aliphatic rings. The summed E-state index contributed by atoms with van der Waals surface area (Å²) in [4.78, 5) is 14.8. The molecule has 6 heteroatoms. The van der Waals surface area contributed by atoms with Gasteiger partial charge in [0.1, 0.15) is 4.99 Å². The number of alkyl carbamates (subject to hydrolysis) is 1. The second-order valence-corrected chi connectivity index (χ2v) is 8.09. The quantitative estimate of drug-likeness (QED) is 0.622. The summed E-state index contributed by atoms with van der Waals surface area (Å²) in [5, 5.41) is 2.74. The van der Waals surface area contributed by atoms with Gasteiger partial charge in [-0.15, -0.1) is 0 Å². The van der Waals surface area contributed by atoms with E-state index in [1.54, 1.807) is 6.92 Å². The van der Waals surface area contributed by atoms with Crippen LogP contribution < -0.4 is 5.32 Å². The van der Waals surface area contributed by atoms with Gasteiger partial charge < -0.3 is 9.64 Å². The molecule has 1 fully saturated rings. The molecule has 1 N–H and O–H groups in total. The number of allylic oxidation sites excluding steroid dienone is 1. The Morgan fingerprint density at radius 1 is 1.22 bits per heavy atom. The van der Waals surface area contributed by atoms with Crippen LogP contribution in [0, 0.1) is 0 Å². The number of thiocarbonyl (C=S) groups is 1. The van der Waals surface area contributed by atoms with Gasteiger partial charge in [0, 0.05) is 28.8 Å². The number of carbonyl (C=O) groups is 1. The largest absolute Gasteiger partial charge is 0.450 e. The van der Waals surface area contributed by atoms with Crippen molar-refractivity contribution in [3.8, 4) is 0 Å². The summed E-state index contributed by atoms with van der Waals surface area (Å²) in [5.41, 5.74) is 4.73. The van der Waals surface area contributed by atoms with Gasteiger partial charge in [-0.3, -0.25) is 5.32 Å². The Morgan fingerprint density at radius 2 is 1.93 bits per heavy atom. The number of rotatable bonds is 4. The number of ether oxygens (including phenoxy) is 1. The number of benzene rings is 1. The molecule has 0 bridgehead atoms. The van der Waals surface area contributed by atoms with Crippen LogP contribution in [0.5, 0.6) is 0 Å². The Balaban J connectivity index is 1.91.